The maximum absolute atomic E-state index is 13.3. The Labute approximate surface area is 184 Å². The van der Waals surface area contributed by atoms with Gasteiger partial charge >= 0.3 is 5.97 Å². The lowest BCUT2D eigenvalue weighted by Gasteiger charge is -2.70. The number of hydrogen-bond donors (Lipinski definition) is 2. The Bertz CT molecular complexity index is 1340. The number of amides is 1. The molecule has 2 heterocycles. The topological polar surface area (TPSA) is 84.5 Å². The summed E-state index contributed by atoms with van der Waals surface area (Å²) in [6.45, 7) is 2.53. The van der Waals surface area contributed by atoms with Gasteiger partial charge in [-0.25, -0.2) is 0 Å². The van der Waals surface area contributed by atoms with Crippen molar-refractivity contribution in [3.8, 4) is 0 Å². The Balaban J connectivity index is 1.26. The van der Waals surface area contributed by atoms with E-state index in [0.29, 0.717) is 31.4 Å². The summed E-state index contributed by atoms with van der Waals surface area (Å²) in [5.41, 5.74) is 1.73. The minimum atomic E-state index is -0.703. The molecule has 3 aliphatic rings. The van der Waals surface area contributed by atoms with Crippen molar-refractivity contribution < 1.29 is 19.1 Å². The monoisotopic (exact) mass is 428 g/mol. The van der Waals surface area contributed by atoms with Gasteiger partial charge in [-0.05, 0) is 55.9 Å². The number of furan rings is 1. The van der Waals surface area contributed by atoms with Crippen LogP contribution in [0.5, 0.6) is 0 Å². The summed E-state index contributed by atoms with van der Waals surface area (Å²) >= 11 is 0. The molecule has 1 atom stereocenters. The van der Waals surface area contributed by atoms with Gasteiger partial charge in [0.05, 0.1) is 23.0 Å². The SMILES string of the molecule is CC(NC(=O)c1cccc2ccn(Cc3cc4ccccc4o3)c12)[C@]12C[C@](C(=O)O)(C1)C2. The van der Waals surface area contributed by atoms with Crippen molar-refractivity contribution in [2.45, 2.75) is 38.8 Å². The second kappa shape index (κ2) is 6.48. The highest BCUT2D eigenvalue weighted by Crippen LogP contribution is 2.74. The molecule has 6 heteroatoms. The van der Waals surface area contributed by atoms with Crippen LogP contribution in [-0.4, -0.2) is 27.6 Å². The number of carbonyl (C=O) groups excluding carboxylic acids is 1. The molecule has 2 bridgehead atoms. The highest BCUT2D eigenvalue weighted by molar-refractivity contribution is 6.06. The first-order chi connectivity index (χ1) is 15.4. The molecule has 3 fully saturated rings. The zero-order chi connectivity index (χ0) is 22.1. The van der Waals surface area contributed by atoms with E-state index >= 15 is 0 Å². The summed E-state index contributed by atoms with van der Waals surface area (Å²) in [6.07, 6.45) is 3.95. The van der Waals surface area contributed by atoms with Gasteiger partial charge in [0.1, 0.15) is 11.3 Å². The zero-order valence-electron chi connectivity index (χ0n) is 17.8. The number of carbonyl (C=O) groups is 2. The number of aromatic nitrogens is 1. The van der Waals surface area contributed by atoms with Crippen LogP contribution in [0.1, 0.15) is 42.3 Å². The average molecular weight is 428 g/mol. The summed E-state index contributed by atoms with van der Waals surface area (Å²) in [5, 5.41) is 14.6. The van der Waals surface area contributed by atoms with Crippen molar-refractivity contribution in [3.05, 3.63) is 72.1 Å². The van der Waals surface area contributed by atoms with Crippen molar-refractivity contribution in [1.82, 2.24) is 9.88 Å². The molecule has 6 nitrogen and oxygen atoms in total. The molecule has 1 unspecified atom stereocenters. The van der Waals surface area contributed by atoms with Gasteiger partial charge in [-0.2, -0.15) is 0 Å². The largest absolute Gasteiger partial charge is 0.481 e. The average Bonchev–Trinajstić information content (AvgIpc) is 3.29. The van der Waals surface area contributed by atoms with Crippen molar-refractivity contribution in [2.24, 2.45) is 10.8 Å². The Hall–Kier alpha value is -3.54. The molecular formula is C26H24N2O4. The first kappa shape index (κ1) is 19.2. The fourth-order valence-corrected chi connectivity index (χ4v) is 5.84. The summed E-state index contributed by atoms with van der Waals surface area (Å²) in [4.78, 5) is 24.7. The van der Waals surface area contributed by atoms with Gasteiger partial charge in [0.15, 0.2) is 0 Å². The van der Waals surface area contributed by atoms with E-state index in [1.165, 1.54) is 0 Å². The van der Waals surface area contributed by atoms with E-state index in [9.17, 15) is 14.7 Å². The van der Waals surface area contributed by atoms with Crippen molar-refractivity contribution in [2.75, 3.05) is 0 Å². The maximum atomic E-state index is 13.3. The van der Waals surface area contributed by atoms with Gasteiger partial charge in [0.25, 0.3) is 5.91 Å². The predicted octanol–water partition coefficient (Wildman–Crippen LogP) is 4.81. The Morgan fingerprint density at radius 1 is 1.09 bits per heavy atom. The van der Waals surface area contributed by atoms with E-state index in [0.717, 1.165) is 27.6 Å². The number of benzene rings is 2. The molecule has 0 spiro atoms. The highest BCUT2D eigenvalue weighted by Gasteiger charge is 2.73. The van der Waals surface area contributed by atoms with Crippen LogP contribution in [0.4, 0.5) is 0 Å². The molecule has 0 saturated heterocycles. The third-order valence-corrected chi connectivity index (χ3v) is 7.63. The number of aliphatic carboxylic acids is 1. The minimum Gasteiger partial charge on any atom is -0.481 e. The number of nitrogens with one attached hydrogen (secondary N) is 1. The van der Waals surface area contributed by atoms with Crippen LogP contribution in [-0.2, 0) is 11.3 Å². The summed E-state index contributed by atoms with van der Waals surface area (Å²) in [5.74, 6) is 0.00737. The normalized spacial score (nSPS) is 24.7. The number of hydrogen-bond acceptors (Lipinski definition) is 3. The second-order valence-corrected chi connectivity index (χ2v) is 9.61. The van der Waals surface area contributed by atoms with Gasteiger partial charge in [-0.3, -0.25) is 9.59 Å². The Morgan fingerprint density at radius 2 is 1.84 bits per heavy atom. The van der Waals surface area contributed by atoms with Crippen LogP contribution in [0.15, 0.2) is 65.2 Å². The molecule has 0 radical (unpaired) electrons. The van der Waals surface area contributed by atoms with E-state index < -0.39 is 11.4 Å². The molecule has 2 N–H and O–H groups in total. The second-order valence-electron chi connectivity index (χ2n) is 9.61. The number of carboxylic acids is 1. The van der Waals surface area contributed by atoms with Gasteiger partial charge in [0.2, 0.25) is 0 Å². The molecule has 32 heavy (non-hydrogen) atoms. The number of carboxylic acid groups (broad SMARTS) is 1. The first-order valence-corrected chi connectivity index (χ1v) is 11.0. The van der Waals surface area contributed by atoms with E-state index in [1.807, 2.05) is 72.3 Å². The molecule has 162 valence electrons. The molecule has 7 rings (SSSR count). The third kappa shape index (κ3) is 2.65. The lowest BCUT2D eigenvalue weighted by atomic mass is 9.33. The molecular weight excluding hydrogens is 404 g/mol. The van der Waals surface area contributed by atoms with Gasteiger partial charge in [0, 0.05) is 23.0 Å². The number of nitrogens with zero attached hydrogens (tertiary/aromatic N) is 1. The smallest absolute Gasteiger partial charge is 0.309 e. The number of fused-ring (bicyclic) bond motifs is 2. The molecule has 3 saturated carbocycles. The fraction of sp³-hybridized carbons (Fsp3) is 0.308. The summed E-state index contributed by atoms with van der Waals surface area (Å²) in [7, 11) is 0. The van der Waals surface area contributed by atoms with E-state index in [4.69, 9.17) is 4.42 Å². The third-order valence-electron chi connectivity index (χ3n) is 7.63. The van der Waals surface area contributed by atoms with E-state index in [2.05, 4.69) is 5.32 Å². The van der Waals surface area contributed by atoms with E-state index in [1.54, 1.807) is 0 Å². The van der Waals surface area contributed by atoms with Crippen molar-refractivity contribution in [1.29, 1.82) is 0 Å². The van der Waals surface area contributed by atoms with Gasteiger partial charge in [-0.1, -0.05) is 30.3 Å². The molecule has 0 aliphatic heterocycles. The lowest BCUT2D eigenvalue weighted by Crippen LogP contribution is -2.71. The molecule has 3 aliphatic carbocycles. The fourth-order valence-electron chi connectivity index (χ4n) is 5.84. The van der Waals surface area contributed by atoms with E-state index in [-0.39, 0.29) is 17.4 Å². The quantitative estimate of drug-likeness (QED) is 0.462. The van der Waals surface area contributed by atoms with Crippen LogP contribution in [0.3, 0.4) is 0 Å². The minimum absolute atomic E-state index is 0.0646. The predicted molar refractivity (Wildman–Crippen MR) is 121 cm³/mol. The van der Waals surface area contributed by atoms with Crippen LogP contribution >= 0.6 is 0 Å². The van der Waals surface area contributed by atoms with Crippen molar-refractivity contribution in [3.63, 3.8) is 0 Å². The highest BCUT2D eigenvalue weighted by atomic mass is 16.4. The maximum Gasteiger partial charge on any atom is 0.309 e. The van der Waals surface area contributed by atoms with Crippen LogP contribution in [0.25, 0.3) is 21.9 Å². The first-order valence-electron chi connectivity index (χ1n) is 11.0. The van der Waals surface area contributed by atoms with Gasteiger partial charge < -0.3 is 19.4 Å². The number of rotatable bonds is 6. The molecule has 4 aromatic rings. The lowest BCUT2D eigenvalue weighted by molar-refractivity contribution is -0.230. The zero-order valence-corrected chi connectivity index (χ0v) is 17.8. The summed E-state index contributed by atoms with van der Waals surface area (Å²) in [6, 6.07) is 17.6. The Kier molecular flexibility index (Phi) is 3.88. The molecule has 2 aromatic carbocycles. The van der Waals surface area contributed by atoms with Crippen LogP contribution in [0, 0.1) is 10.8 Å². The molecule has 2 aromatic heterocycles. The van der Waals surface area contributed by atoms with Crippen LogP contribution in [0.2, 0.25) is 0 Å². The number of para-hydroxylation sites is 2. The standard InChI is InChI=1S/C26H24N2O4/c1-16(25-13-26(14-25,15-25)24(30)31)27-23(29)20-7-4-6-17-9-10-28(22(17)20)12-19-11-18-5-2-3-8-21(18)32-19/h2-11,16H,12-15H2,1H3,(H,27,29)(H,30,31)/t16?,25-,26+. The van der Waals surface area contributed by atoms with Crippen molar-refractivity contribution >= 4 is 33.7 Å². The van der Waals surface area contributed by atoms with Crippen LogP contribution < -0.4 is 5.32 Å². The molecule has 1 amide bonds. The summed E-state index contributed by atoms with van der Waals surface area (Å²) < 4.78 is 8.04. The Morgan fingerprint density at radius 3 is 2.59 bits per heavy atom. The van der Waals surface area contributed by atoms with Gasteiger partial charge in [-0.15, -0.1) is 0 Å².